The number of aryl methyl sites for hydroxylation is 1. The van der Waals surface area contributed by atoms with Crippen molar-refractivity contribution < 1.29 is 4.79 Å². The average Bonchev–Trinajstić information content (AvgIpc) is 2.49. The molecule has 3 rings (SSSR count). The lowest BCUT2D eigenvalue weighted by molar-refractivity contribution is 0.102. The fourth-order valence-corrected chi connectivity index (χ4v) is 2.00. The van der Waals surface area contributed by atoms with Gasteiger partial charge in [0.25, 0.3) is 5.91 Å². The number of nitrogens with one attached hydrogen (secondary N) is 2. The summed E-state index contributed by atoms with van der Waals surface area (Å²) in [5, 5.41) is 9.56. The van der Waals surface area contributed by atoms with Gasteiger partial charge < -0.3 is 5.32 Å². The van der Waals surface area contributed by atoms with Crippen LogP contribution < -0.4 is 10.7 Å². The molecule has 3 aromatic rings. The molecule has 0 saturated heterocycles. The Morgan fingerprint density at radius 2 is 2.10 bits per heavy atom. The van der Waals surface area contributed by atoms with Gasteiger partial charge in [0.15, 0.2) is 5.69 Å². The molecule has 0 aliphatic carbocycles. The maximum Gasteiger partial charge on any atom is 0.281 e. The van der Waals surface area contributed by atoms with E-state index in [1.807, 2.05) is 13.0 Å². The minimum Gasteiger partial charge on any atom is -0.305 e. The van der Waals surface area contributed by atoms with Crippen molar-refractivity contribution in [3.63, 3.8) is 0 Å². The number of nitrogens with zero attached hydrogens (tertiary/aromatic N) is 2. The molecule has 1 aromatic carbocycles. The van der Waals surface area contributed by atoms with E-state index in [1.165, 1.54) is 0 Å². The summed E-state index contributed by atoms with van der Waals surface area (Å²) in [4.78, 5) is 28.5. The van der Waals surface area contributed by atoms with Crippen molar-refractivity contribution in [2.75, 3.05) is 5.32 Å². The summed E-state index contributed by atoms with van der Waals surface area (Å²) in [6.07, 6.45) is 1.55. The van der Waals surface area contributed by atoms with Gasteiger partial charge in [-0.1, -0.05) is 17.7 Å². The summed E-state index contributed by atoms with van der Waals surface area (Å²) < 4.78 is 0. The quantitative estimate of drug-likeness (QED) is 0.750. The number of aromatic nitrogens is 3. The van der Waals surface area contributed by atoms with Crippen molar-refractivity contribution >= 4 is 22.6 Å². The van der Waals surface area contributed by atoms with E-state index in [1.54, 1.807) is 36.5 Å². The van der Waals surface area contributed by atoms with Gasteiger partial charge >= 0.3 is 0 Å². The number of hydrogen-bond donors (Lipinski definition) is 2. The topological polar surface area (TPSA) is 87.7 Å². The number of carbonyl (C=O) groups is 1. The Bertz CT molecular complexity index is 872. The number of anilines is 1. The smallest absolute Gasteiger partial charge is 0.281 e. The molecule has 2 heterocycles. The van der Waals surface area contributed by atoms with Crippen molar-refractivity contribution in [2.45, 2.75) is 6.92 Å². The number of benzene rings is 1. The Morgan fingerprint density at radius 3 is 2.86 bits per heavy atom. The van der Waals surface area contributed by atoms with Gasteiger partial charge in [-0.15, -0.1) is 0 Å². The number of aromatic amines is 1. The normalized spacial score (nSPS) is 10.5. The lowest BCUT2D eigenvalue weighted by Gasteiger charge is -2.04. The van der Waals surface area contributed by atoms with Crippen LogP contribution in [0, 0.1) is 6.92 Å². The molecule has 0 saturated carbocycles. The zero-order chi connectivity index (χ0) is 14.8. The average molecular weight is 280 g/mol. The molecule has 0 bridgehead atoms. The van der Waals surface area contributed by atoms with Crippen molar-refractivity contribution in [1.29, 1.82) is 0 Å². The maximum absolute atomic E-state index is 12.3. The fraction of sp³-hybridized carbons (Fsp3) is 0.0667. The third-order valence-corrected chi connectivity index (χ3v) is 3.04. The lowest BCUT2D eigenvalue weighted by atomic mass is 10.1. The lowest BCUT2D eigenvalue weighted by Crippen LogP contribution is -2.24. The Hall–Kier alpha value is -3.02. The summed E-state index contributed by atoms with van der Waals surface area (Å²) in [6.45, 7) is 1.88. The minimum atomic E-state index is -0.585. The highest BCUT2D eigenvalue weighted by molar-refractivity contribution is 6.03. The van der Waals surface area contributed by atoms with E-state index in [9.17, 15) is 9.59 Å². The van der Waals surface area contributed by atoms with E-state index < -0.39 is 11.3 Å². The SMILES string of the molecule is Cc1ccc2[nH]nc(C(=O)Nc3ccccn3)c(=O)c2c1. The molecule has 104 valence electrons. The van der Waals surface area contributed by atoms with E-state index in [4.69, 9.17) is 0 Å². The third-order valence-electron chi connectivity index (χ3n) is 3.04. The number of hydrogen-bond acceptors (Lipinski definition) is 4. The summed E-state index contributed by atoms with van der Waals surface area (Å²) in [7, 11) is 0. The predicted octanol–water partition coefficient (Wildman–Crippen LogP) is 1.88. The first-order valence-electron chi connectivity index (χ1n) is 6.36. The van der Waals surface area contributed by atoms with Crippen LogP contribution in [-0.4, -0.2) is 21.1 Å². The highest BCUT2D eigenvalue weighted by Crippen LogP contribution is 2.10. The van der Waals surface area contributed by atoms with E-state index in [0.717, 1.165) is 5.56 Å². The van der Waals surface area contributed by atoms with Crippen molar-refractivity contribution in [2.24, 2.45) is 0 Å². The second-order valence-corrected chi connectivity index (χ2v) is 4.62. The Balaban J connectivity index is 2.02. The van der Waals surface area contributed by atoms with Gasteiger partial charge in [0, 0.05) is 11.6 Å². The van der Waals surface area contributed by atoms with Crippen LogP contribution in [0.2, 0.25) is 0 Å². The van der Waals surface area contributed by atoms with E-state index in [-0.39, 0.29) is 5.69 Å². The van der Waals surface area contributed by atoms with Gasteiger partial charge in [-0.2, -0.15) is 5.10 Å². The molecule has 21 heavy (non-hydrogen) atoms. The standard InChI is InChI=1S/C15H12N4O2/c1-9-5-6-11-10(8-9)14(20)13(19-18-11)15(21)17-12-4-2-3-7-16-12/h2-8H,1H3,(H,18,20)(H,16,17,21). The zero-order valence-electron chi connectivity index (χ0n) is 11.3. The van der Waals surface area contributed by atoms with Crippen LogP contribution in [0.3, 0.4) is 0 Å². The van der Waals surface area contributed by atoms with Crippen molar-refractivity contribution in [3.05, 3.63) is 64.1 Å². The molecule has 6 nitrogen and oxygen atoms in total. The maximum atomic E-state index is 12.3. The second-order valence-electron chi connectivity index (χ2n) is 4.62. The predicted molar refractivity (Wildman–Crippen MR) is 79.3 cm³/mol. The minimum absolute atomic E-state index is 0.182. The van der Waals surface area contributed by atoms with E-state index in [0.29, 0.717) is 16.7 Å². The summed E-state index contributed by atoms with van der Waals surface area (Å²) >= 11 is 0. The molecule has 6 heteroatoms. The molecule has 2 aromatic heterocycles. The van der Waals surface area contributed by atoms with Gasteiger partial charge in [-0.25, -0.2) is 4.98 Å². The molecule has 0 spiro atoms. The number of fused-ring (bicyclic) bond motifs is 1. The van der Waals surface area contributed by atoms with Crippen LogP contribution in [0.15, 0.2) is 47.4 Å². The van der Waals surface area contributed by atoms with Gasteiger partial charge in [-0.3, -0.25) is 14.7 Å². The van der Waals surface area contributed by atoms with Crippen LogP contribution in [0.1, 0.15) is 16.1 Å². The summed E-state index contributed by atoms with van der Waals surface area (Å²) in [5.41, 5.74) is 0.954. The molecule has 0 aliphatic rings. The Labute approximate surface area is 119 Å². The van der Waals surface area contributed by atoms with Crippen LogP contribution in [0.5, 0.6) is 0 Å². The van der Waals surface area contributed by atoms with Gasteiger partial charge in [0.05, 0.1) is 5.52 Å². The highest BCUT2D eigenvalue weighted by Gasteiger charge is 2.15. The molecule has 0 atom stereocenters. The Kier molecular flexibility index (Phi) is 3.19. The molecular formula is C15H12N4O2. The first-order valence-corrected chi connectivity index (χ1v) is 6.36. The van der Waals surface area contributed by atoms with E-state index >= 15 is 0 Å². The van der Waals surface area contributed by atoms with Gasteiger partial charge in [0.1, 0.15) is 5.82 Å². The molecule has 0 aliphatic heterocycles. The van der Waals surface area contributed by atoms with Crippen LogP contribution in [-0.2, 0) is 0 Å². The number of rotatable bonds is 2. The highest BCUT2D eigenvalue weighted by atomic mass is 16.2. The number of amides is 1. The van der Waals surface area contributed by atoms with Crippen LogP contribution in [0.4, 0.5) is 5.82 Å². The fourth-order valence-electron chi connectivity index (χ4n) is 2.00. The molecule has 0 fully saturated rings. The van der Waals surface area contributed by atoms with Gasteiger partial charge in [-0.05, 0) is 31.2 Å². The molecule has 0 unspecified atom stereocenters. The molecular weight excluding hydrogens is 268 g/mol. The monoisotopic (exact) mass is 280 g/mol. The zero-order valence-corrected chi connectivity index (χ0v) is 11.3. The van der Waals surface area contributed by atoms with Gasteiger partial charge in [0.2, 0.25) is 5.43 Å². The second kappa shape index (κ2) is 5.16. The van der Waals surface area contributed by atoms with Crippen LogP contribution in [0.25, 0.3) is 10.9 Å². The number of pyridine rings is 1. The first kappa shape index (κ1) is 13.0. The van der Waals surface area contributed by atoms with Crippen molar-refractivity contribution in [1.82, 2.24) is 15.2 Å². The van der Waals surface area contributed by atoms with Crippen molar-refractivity contribution in [3.8, 4) is 0 Å². The number of H-pyrrole nitrogens is 1. The summed E-state index contributed by atoms with van der Waals surface area (Å²) in [5.74, 6) is -0.216. The summed E-state index contributed by atoms with van der Waals surface area (Å²) in [6, 6.07) is 10.5. The van der Waals surface area contributed by atoms with E-state index in [2.05, 4.69) is 20.5 Å². The first-order chi connectivity index (χ1) is 10.1. The third kappa shape index (κ3) is 2.51. The molecule has 1 amide bonds. The molecule has 0 radical (unpaired) electrons. The largest absolute Gasteiger partial charge is 0.305 e. The number of carbonyl (C=O) groups excluding carboxylic acids is 1. The molecule has 2 N–H and O–H groups in total. The van der Waals surface area contributed by atoms with Crippen LogP contribution >= 0.6 is 0 Å². The Morgan fingerprint density at radius 1 is 1.24 bits per heavy atom.